The fraction of sp³-hybridized carbons (Fsp3) is 0.250. The van der Waals surface area contributed by atoms with Crippen molar-refractivity contribution in [2.24, 2.45) is 5.73 Å². The van der Waals surface area contributed by atoms with Crippen LogP contribution in [0.4, 0.5) is 4.39 Å². The van der Waals surface area contributed by atoms with Crippen LogP contribution in [0.1, 0.15) is 17.2 Å². The monoisotopic (exact) mass is 309 g/mol. The lowest BCUT2D eigenvalue weighted by Gasteiger charge is -2.17. The van der Waals surface area contributed by atoms with Gasteiger partial charge in [-0.15, -0.1) is 0 Å². The van der Waals surface area contributed by atoms with E-state index in [1.165, 1.54) is 6.07 Å². The predicted octanol–water partition coefficient (Wildman–Crippen LogP) is 3.74. The molecule has 1 atom stereocenters. The molecular weight excluding hydrogens is 293 g/mol. The summed E-state index contributed by atoms with van der Waals surface area (Å²) in [6.07, 6.45) is 0.286. The summed E-state index contributed by atoms with van der Waals surface area (Å²) in [5.74, 6) is 0.923. The van der Waals surface area contributed by atoms with Gasteiger partial charge >= 0.3 is 0 Å². The third kappa shape index (κ3) is 3.46. The molecule has 0 fully saturated rings. The summed E-state index contributed by atoms with van der Waals surface area (Å²) in [6.45, 7) is 0. The van der Waals surface area contributed by atoms with Crippen molar-refractivity contribution in [2.45, 2.75) is 12.5 Å². The lowest BCUT2D eigenvalue weighted by Crippen LogP contribution is -2.15. The van der Waals surface area contributed by atoms with Gasteiger partial charge in [0, 0.05) is 28.3 Å². The highest BCUT2D eigenvalue weighted by molar-refractivity contribution is 6.31. The summed E-state index contributed by atoms with van der Waals surface area (Å²) in [7, 11) is 3.13. The van der Waals surface area contributed by atoms with E-state index in [0.717, 1.165) is 5.56 Å². The number of hydrogen-bond acceptors (Lipinski definition) is 3. The van der Waals surface area contributed by atoms with Crippen LogP contribution in [0, 0.1) is 5.82 Å². The highest BCUT2D eigenvalue weighted by Gasteiger charge is 2.17. The van der Waals surface area contributed by atoms with Crippen molar-refractivity contribution in [3.05, 3.63) is 58.4 Å². The molecule has 2 rings (SSSR count). The minimum absolute atomic E-state index is 0.286. The molecule has 0 aromatic heterocycles. The first-order valence-corrected chi connectivity index (χ1v) is 6.85. The Labute approximate surface area is 128 Å². The molecule has 0 amide bonds. The molecule has 0 aliphatic carbocycles. The Bertz CT molecular complexity index is 613. The summed E-state index contributed by atoms with van der Waals surface area (Å²) in [5, 5.41) is 0.373. The van der Waals surface area contributed by atoms with Crippen LogP contribution in [0.5, 0.6) is 11.5 Å². The molecule has 0 bridgehead atoms. The normalized spacial score (nSPS) is 12.0. The molecule has 2 aromatic carbocycles. The Hall–Kier alpha value is -1.78. The standard InChI is InChI=1S/C16H17ClFNO2/c1-20-10-6-7-11(16(8-10)21-2)15(19)9-12-13(17)4-3-5-14(12)18/h3-8,15H,9,19H2,1-2H3. The van der Waals surface area contributed by atoms with Gasteiger partial charge in [0.25, 0.3) is 0 Å². The summed E-state index contributed by atoms with van der Waals surface area (Å²) >= 11 is 6.04. The first kappa shape index (κ1) is 15.6. The van der Waals surface area contributed by atoms with Gasteiger partial charge in [0.1, 0.15) is 17.3 Å². The Morgan fingerprint density at radius 3 is 2.57 bits per heavy atom. The van der Waals surface area contributed by atoms with E-state index in [4.69, 9.17) is 26.8 Å². The van der Waals surface area contributed by atoms with Gasteiger partial charge in [0.05, 0.1) is 14.2 Å². The summed E-state index contributed by atoms with van der Waals surface area (Å²) in [6, 6.07) is 9.52. The highest BCUT2D eigenvalue weighted by Crippen LogP contribution is 2.31. The van der Waals surface area contributed by atoms with E-state index in [1.807, 2.05) is 6.07 Å². The van der Waals surface area contributed by atoms with Crippen molar-refractivity contribution in [1.29, 1.82) is 0 Å². The smallest absolute Gasteiger partial charge is 0.127 e. The van der Waals surface area contributed by atoms with Gasteiger partial charge in [0.15, 0.2) is 0 Å². The zero-order chi connectivity index (χ0) is 15.4. The van der Waals surface area contributed by atoms with Crippen LogP contribution in [0.3, 0.4) is 0 Å². The van der Waals surface area contributed by atoms with E-state index in [2.05, 4.69) is 0 Å². The maximum Gasteiger partial charge on any atom is 0.127 e. The van der Waals surface area contributed by atoms with E-state index < -0.39 is 6.04 Å². The van der Waals surface area contributed by atoms with Gasteiger partial charge in [-0.05, 0) is 24.6 Å². The van der Waals surface area contributed by atoms with Crippen molar-refractivity contribution in [1.82, 2.24) is 0 Å². The molecule has 0 aliphatic heterocycles. The summed E-state index contributed by atoms with van der Waals surface area (Å²) < 4.78 is 24.3. The van der Waals surface area contributed by atoms with Gasteiger partial charge < -0.3 is 15.2 Å². The molecule has 0 saturated carbocycles. The molecule has 21 heavy (non-hydrogen) atoms. The van der Waals surface area contributed by atoms with Crippen molar-refractivity contribution < 1.29 is 13.9 Å². The molecule has 112 valence electrons. The molecule has 1 unspecified atom stereocenters. The number of rotatable bonds is 5. The molecule has 0 radical (unpaired) electrons. The minimum Gasteiger partial charge on any atom is -0.497 e. The van der Waals surface area contributed by atoms with Crippen LogP contribution < -0.4 is 15.2 Å². The fourth-order valence-electron chi connectivity index (χ4n) is 2.18. The average Bonchev–Trinajstić information content (AvgIpc) is 2.50. The number of nitrogens with two attached hydrogens (primary N) is 1. The minimum atomic E-state index is -0.430. The first-order chi connectivity index (χ1) is 10.1. The Morgan fingerprint density at radius 1 is 1.19 bits per heavy atom. The van der Waals surface area contributed by atoms with E-state index in [1.54, 1.807) is 38.5 Å². The maximum atomic E-state index is 13.8. The second-order valence-electron chi connectivity index (χ2n) is 4.62. The number of methoxy groups -OCH3 is 2. The SMILES string of the molecule is COc1ccc(C(N)Cc2c(F)cccc2Cl)c(OC)c1. The van der Waals surface area contributed by atoms with Gasteiger partial charge in [-0.25, -0.2) is 4.39 Å². The first-order valence-electron chi connectivity index (χ1n) is 6.47. The number of halogens is 2. The van der Waals surface area contributed by atoms with Crippen molar-refractivity contribution in [2.75, 3.05) is 14.2 Å². The predicted molar refractivity (Wildman–Crippen MR) is 81.6 cm³/mol. The van der Waals surface area contributed by atoms with Crippen molar-refractivity contribution >= 4 is 11.6 Å². The summed E-state index contributed by atoms with van der Waals surface area (Å²) in [4.78, 5) is 0. The van der Waals surface area contributed by atoms with Gasteiger partial charge in [-0.1, -0.05) is 23.7 Å². The van der Waals surface area contributed by atoms with Gasteiger partial charge in [-0.2, -0.15) is 0 Å². The maximum absolute atomic E-state index is 13.8. The van der Waals surface area contributed by atoms with E-state index >= 15 is 0 Å². The van der Waals surface area contributed by atoms with Crippen LogP contribution in [0.15, 0.2) is 36.4 Å². The van der Waals surface area contributed by atoms with Gasteiger partial charge in [-0.3, -0.25) is 0 Å². The Kier molecular flexibility index (Phi) is 5.04. The van der Waals surface area contributed by atoms with Crippen molar-refractivity contribution in [3.63, 3.8) is 0 Å². The average molecular weight is 310 g/mol. The zero-order valence-electron chi connectivity index (χ0n) is 11.9. The topological polar surface area (TPSA) is 44.5 Å². The third-order valence-electron chi connectivity index (χ3n) is 3.33. The van der Waals surface area contributed by atoms with Crippen LogP contribution in [0.2, 0.25) is 5.02 Å². The Morgan fingerprint density at radius 2 is 1.95 bits per heavy atom. The lowest BCUT2D eigenvalue weighted by molar-refractivity contribution is 0.388. The molecular formula is C16H17ClFNO2. The van der Waals surface area contributed by atoms with E-state index in [-0.39, 0.29) is 12.2 Å². The molecule has 3 nitrogen and oxygen atoms in total. The van der Waals surface area contributed by atoms with E-state index in [9.17, 15) is 4.39 Å². The van der Waals surface area contributed by atoms with Crippen LogP contribution >= 0.6 is 11.6 Å². The van der Waals surface area contributed by atoms with Crippen LogP contribution in [-0.4, -0.2) is 14.2 Å². The molecule has 0 aliphatic rings. The highest BCUT2D eigenvalue weighted by atomic mass is 35.5. The number of benzene rings is 2. The molecule has 0 spiro atoms. The largest absolute Gasteiger partial charge is 0.497 e. The number of ether oxygens (including phenoxy) is 2. The zero-order valence-corrected chi connectivity index (χ0v) is 12.7. The molecule has 2 aromatic rings. The molecule has 5 heteroatoms. The summed E-state index contributed by atoms with van der Waals surface area (Å²) in [5.41, 5.74) is 7.37. The molecule has 0 heterocycles. The van der Waals surface area contributed by atoms with Crippen molar-refractivity contribution in [3.8, 4) is 11.5 Å². The fourth-order valence-corrected chi connectivity index (χ4v) is 2.42. The van der Waals surface area contributed by atoms with E-state index in [0.29, 0.717) is 22.1 Å². The third-order valence-corrected chi connectivity index (χ3v) is 3.68. The second kappa shape index (κ2) is 6.78. The van der Waals surface area contributed by atoms with Crippen LogP contribution in [0.25, 0.3) is 0 Å². The number of hydrogen-bond donors (Lipinski definition) is 1. The van der Waals surface area contributed by atoms with Gasteiger partial charge in [0.2, 0.25) is 0 Å². The molecule has 0 saturated heterocycles. The molecule has 2 N–H and O–H groups in total. The lowest BCUT2D eigenvalue weighted by atomic mass is 9.98. The van der Waals surface area contributed by atoms with Crippen LogP contribution in [-0.2, 0) is 6.42 Å². The second-order valence-corrected chi connectivity index (χ2v) is 5.03. The Balaban J connectivity index is 2.30. The quantitative estimate of drug-likeness (QED) is 0.915.